The number of hydrogen-bond donors (Lipinski definition) is 3. The second-order valence-corrected chi connectivity index (χ2v) is 11.6. The van der Waals surface area contributed by atoms with Crippen LogP contribution in [0.4, 0.5) is 4.39 Å². The third-order valence-corrected chi connectivity index (χ3v) is 9.11. The van der Waals surface area contributed by atoms with Crippen LogP contribution < -0.4 is 15.8 Å². The molecule has 30 heavy (non-hydrogen) atoms. The normalized spacial score (nSPS) is 35.5. The van der Waals surface area contributed by atoms with Crippen molar-refractivity contribution >= 4 is 28.3 Å². The molecule has 166 valence electrons. The molecule has 0 radical (unpaired) electrons. The van der Waals surface area contributed by atoms with Crippen LogP contribution in [0.5, 0.6) is 0 Å². The fraction of sp³-hybridized carbons (Fsp3) is 0.667. The van der Waals surface area contributed by atoms with Crippen LogP contribution in [0.25, 0.3) is 0 Å². The lowest BCUT2D eigenvalue weighted by atomic mass is 9.51. The molecule has 1 aromatic carbocycles. The van der Waals surface area contributed by atoms with Gasteiger partial charge in [-0.2, -0.15) is 0 Å². The van der Waals surface area contributed by atoms with Gasteiger partial charge in [0.1, 0.15) is 10.7 Å². The maximum atomic E-state index is 13.9. The van der Waals surface area contributed by atoms with E-state index < -0.39 is 21.3 Å². The molecule has 1 aromatic rings. The van der Waals surface area contributed by atoms with Crippen molar-refractivity contribution in [2.24, 2.45) is 28.9 Å². The Morgan fingerprint density at radius 3 is 2.33 bits per heavy atom. The first kappa shape index (κ1) is 22.0. The number of halogens is 2. The largest absolute Gasteiger partial charge is 0.352 e. The molecule has 6 nitrogen and oxygen atoms in total. The zero-order valence-electron chi connectivity index (χ0n) is 16.8. The second kappa shape index (κ2) is 7.43. The van der Waals surface area contributed by atoms with Crippen molar-refractivity contribution in [3.63, 3.8) is 0 Å². The quantitative estimate of drug-likeness (QED) is 0.610. The summed E-state index contributed by atoms with van der Waals surface area (Å²) in [5, 5.41) is 3.27. The van der Waals surface area contributed by atoms with Crippen LogP contribution in [-0.4, -0.2) is 32.5 Å². The average molecular weight is 458 g/mol. The van der Waals surface area contributed by atoms with E-state index in [1.807, 2.05) is 0 Å². The Kier molecular flexibility index (Phi) is 5.45. The Morgan fingerprint density at radius 2 is 1.77 bits per heavy atom. The van der Waals surface area contributed by atoms with Gasteiger partial charge >= 0.3 is 0 Å². The summed E-state index contributed by atoms with van der Waals surface area (Å²) < 4.78 is 41.3. The fourth-order valence-electron chi connectivity index (χ4n) is 6.24. The lowest BCUT2D eigenvalue weighted by molar-refractivity contribution is -0.130. The Morgan fingerprint density at radius 1 is 1.13 bits per heavy atom. The molecular formula is C21H29ClFN3O3S. The average Bonchev–Trinajstić information content (AvgIpc) is 3.43. The monoisotopic (exact) mass is 457 g/mol. The first-order valence-corrected chi connectivity index (χ1v) is 12.0. The highest BCUT2D eigenvalue weighted by Crippen LogP contribution is 2.55. The molecule has 9 heteroatoms. The lowest BCUT2D eigenvalue weighted by Crippen LogP contribution is -2.65. The van der Waals surface area contributed by atoms with Gasteiger partial charge in [0.15, 0.2) is 0 Å². The highest BCUT2D eigenvalue weighted by Gasteiger charge is 2.56. The minimum atomic E-state index is -4.00. The molecule has 2 unspecified atom stereocenters. The van der Waals surface area contributed by atoms with Gasteiger partial charge in [-0.05, 0) is 74.8 Å². The predicted molar refractivity (Wildman–Crippen MR) is 113 cm³/mol. The molecule has 5 aliphatic rings. The van der Waals surface area contributed by atoms with Gasteiger partial charge in [0.25, 0.3) is 0 Å². The van der Waals surface area contributed by atoms with E-state index in [1.165, 1.54) is 18.2 Å². The van der Waals surface area contributed by atoms with Gasteiger partial charge in [-0.25, -0.2) is 17.5 Å². The van der Waals surface area contributed by atoms with Crippen LogP contribution in [-0.2, 0) is 14.8 Å². The van der Waals surface area contributed by atoms with E-state index in [0.29, 0.717) is 30.6 Å². The van der Waals surface area contributed by atoms with Crippen molar-refractivity contribution in [1.29, 1.82) is 0 Å². The van der Waals surface area contributed by atoms with Crippen LogP contribution in [0.3, 0.4) is 0 Å². The summed E-state index contributed by atoms with van der Waals surface area (Å²) in [6.45, 7) is 0.000998. The Balaban J connectivity index is 0.00000218. The molecule has 2 atom stereocenters. The smallest absolute Gasteiger partial charge is 0.243 e. The number of nitrogens with two attached hydrogens (primary N) is 1. The van der Waals surface area contributed by atoms with E-state index >= 15 is 0 Å². The molecule has 5 saturated carbocycles. The van der Waals surface area contributed by atoms with E-state index in [9.17, 15) is 17.6 Å². The number of amides is 1. The predicted octanol–water partition coefficient (Wildman–Crippen LogP) is 2.33. The van der Waals surface area contributed by atoms with Gasteiger partial charge in [-0.15, -0.1) is 12.4 Å². The van der Waals surface area contributed by atoms with Gasteiger partial charge < -0.3 is 11.1 Å². The number of nitrogens with one attached hydrogen (secondary N) is 2. The number of rotatable bonds is 6. The molecule has 6 rings (SSSR count). The number of carbonyl (C=O) groups is 1. The van der Waals surface area contributed by atoms with E-state index in [4.69, 9.17) is 5.73 Å². The number of sulfonamides is 1. The molecule has 5 fully saturated rings. The number of hydrogen-bond acceptors (Lipinski definition) is 4. The van der Waals surface area contributed by atoms with Gasteiger partial charge in [0.2, 0.25) is 15.9 Å². The molecule has 4 bridgehead atoms. The van der Waals surface area contributed by atoms with E-state index in [-0.39, 0.29) is 41.3 Å². The topological polar surface area (TPSA) is 101 Å². The standard InChI is InChI=1S/C21H28FN3O3S.ClH/c22-16-3-1-2-4-17(16)29(27,28)24-12-20(5-6-20)19(26)25-18-14-7-13-8-15(18)11-21(23,9-13)10-14;/h1-4,13-15,18,24H,5-12,23H2,(H,25,26);1H. The summed E-state index contributed by atoms with van der Waals surface area (Å²) in [6.07, 6.45) is 6.60. The van der Waals surface area contributed by atoms with Crippen molar-refractivity contribution in [3.8, 4) is 0 Å². The maximum Gasteiger partial charge on any atom is 0.243 e. The van der Waals surface area contributed by atoms with Gasteiger partial charge in [0, 0.05) is 18.1 Å². The fourth-order valence-corrected chi connectivity index (χ4v) is 7.44. The van der Waals surface area contributed by atoms with Crippen LogP contribution >= 0.6 is 12.4 Å². The molecule has 0 heterocycles. The summed E-state index contributed by atoms with van der Waals surface area (Å²) in [5.41, 5.74) is 5.79. The minimum Gasteiger partial charge on any atom is -0.352 e. The summed E-state index contributed by atoms with van der Waals surface area (Å²) in [5.74, 6) is 0.686. The molecule has 5 aliphatic carbocycles. The second-order valence-electron chi connectivity index (χ2n) is 9.87. The highest BCUT2D eigenvalue weighted by atomic mass is 35.5. The summed E-state index contributed by atoms with van der Waals surface area (Å²) in [4.78, 5) is 12.7. The van der Waals surface area contributed by atoms with Gasteiger partial charge in [-0.3, -0.25) is 4.79 Å². The van der Waals surface area contributed by atoms with Gasteiger partial charge in [-0.1, -0.05) is 12.1 Å². The first-order chi connectivity index (χ1) is 13.7. The molecule has 0 saturated heterocycles. The third-order valence-electron chi connectivity index (χ3n) is 7.68. The number of benzene rings is 1. The van der Waals surface area contributed by atoms with Crippen molar-refractivity contribution in [2.75, 3.05) is 6.54 Å². The molecule has 0 aliphatic heterocycles. The van der Waals surface area contributed by atoms with Crippen LogP contribution in [0, 0.1) is 29.0 Å². The van der Waals surface area contributed by atoms with Crippen molar-refractivity contribution in [1.82, 2.24) is 10.0 Å². The summed E-state index contributed by atoms with van der Waals surface area (Å²) >= 11 is 0. The minimum absolute atomic E-state index is 0. The zero-order valence-corrected chi connectivity index (χ0v) is 18.4. The summed E-state index contributed by atoms with van der Waals surface area (Å²) in [6, 6.07) is 5.42. The molecule has 0 aromatic heterocycles. The third kappa shape index (κ3) is 3.76. The summed E-state index contributed by atoms with van der Waals surface area (Å²) in [7, 11) is -4.00. The Hall–Kier alpha value is -1.22. The lowest BCUT2D eigenvalue weighted by Gasteiger charge is -2.59. The van der Waals surface area contributed by atoms with Crippen LogP contribution in [0.15, 0.2) is 29.2 Å². The number of carbonyl (C=O) groups excluding carboxylic acids is 1. The van der Waals surface area contributed by atoms with E-state index in [1.54, 1.807) is 0 Å². The van der Waals surface area contributed by atoms with E-state index in [2.05, 4.69) is 10.0 Å². The van der Waals surface area contributed by atoms with Crippen molar-refractivity contribution < 1.29 is 17.6 Å². The molecular weight excluding hydrogens is 429 g/mol. The zero-order chi connectivity index (χ0) is 20.4. The Bertz CT molecular complexity index is 937. The molecule has 1 amide bonds. The SMILES string of the molecule is Cl.NC12CC3CC(C1)C(NC(=O)C1(CNS(=O)(=O)c4ccccc4F)CC1)C(C3)C2. The van der Waals surface area contributed by atoms with Gasteiger partial charge in [0.05, 0.1) is 5.41 Å². The Labute approximate surface area is 183 Å². The van der Waals surface area contributed by atoms with Crippen LogP contribution in [0.2, 0.25) is 0 Å². The molecule has 4 N–H and O–H groups in total. The van der Waals surface area contributed by atoms with E-state index in [0.717, 1.165) is 38.2 Å². The van der Waals surface area contributed by atoms with Crippen molar-refractivity contribution in [2.45, 2.75) is 61.4 Å². The molecule has 0 spiro atoms. The maximum absolute atomic E-state index is 13.9. The highest BCUT2D eigenvalue weighted by molar-refractivity contribution is 7.89. The van der Waals surface area contributed by atoms with Crippen molar-refractivity contribution in [3.05, 3.63) is 30.1 Å². The van der Waals surface area contributed by atoms with Crippen LogP contribution in [0.1, 0.15) is 44.9 Å². The first-order valence-electron chi connectivity index (χ1n) is 10.5.